The van der Waals surface area contributed by atoms with Crippen molar-refractivity contribution in [3.8, 4) is 0 Å². The highest BCUT2D eigenvalue weighted by Gasteiger charge is 2.17. The van der Waals surface area contributed by atoms with Crippen molar-refractivity contribution < 1.29 is 8.42 Å². The Hall–Kier alpha value is -1.05. The minimum atomic E-state index is -3.65. The van der Waals surface area contributed by atoms with Gasteiger partial charge in [0.15, 0.2) is 0 Å². The minimum absolute atomic E-state index is 0.118. The number of halogens is 2. The van der Waals surface area contributed by atoms with Gasteiger partial charge in [0.1, 0.15) is 5.82 Å². The average molecular weight is 351 g/mol. The molecule has 8 heteroatoms. The molecular formula is C10H9BrClN3O2S. The zero-order valence-electron chi connectivity index (χ0n) is 9.24. The molecule has 0 bridgehead atoms. The van der Waals surface area contributed by atoms with E-state index < -0.39 is 10.0 Å². The van der Waals surface area contributed by atoms with Crippen LogP contribution in [0.1, 0.15) is 5.56 Å². The Morgan fingerprint density at radius 1 is 1.44 bits per heavy atom. The maximum absolute atomic E-state index is 12.1. The number of benzene rings is 1. The topological polar surface area (TPSA) is 74.8 Å². The lowest BCUT2D eigenvalue weighted by molar-refractivity contribution is 0.601. The van der Waals surface area contributed by atoms with Gasteiger partial charge >= 0.3 is 0 Å². The van der Waals surface area contributed by atoms with Gasteiger partial charge in [0.2, 0.25) is 0 Å². The van der Waals surface area contributed by atoms with Gasteiger partial charge in [0.25, 0.3) is 10.0 Å². The van der Waals surface area contributed by atoms with Gasteiger partial charge in [-0.3, -0.25) is 9.82 Å². The number of sulfonamides is 1. The predicted octanol–water partition coefficient (Wildman–Crippen LogP) is 2.93. The number of H-pyrrole nitrogens is 1. The molecule has 0 saturated carbocycles. The zero-order chi connectivity index (χ0) is 13.3. The van der Waals surface area contributed by atoms with Crippen molar-refractivity contribution in [2.75, 3.05) is 4.72 Å². The van der Waals surface area contributed by atoms with Crippen molar-refractivity contribution in [3.05, 3.63) is 39.5 Å². The summed E-state index contributed by atoms with van der Waals surface area (Å²) in [6.45, 7) is 1.75. The van der Waals surface area contributed by atoms with Crippen LogP contribution < -0.4 is 4.72 Å². The summed E-state index contributed by atoms with van der Waals surface area (Å²) >= 11 is 9.01. The van der Waals surface area contributed by atoms with Crippen molar-refractivity contribution in [3.63, 3.8) is 0 Å². The second kappa shape index (κ2) is 4.91. The highest BCUT2D eigenvalue weighted by Crippen LogP contribution is 2.26. The van der Waals surface area contributed by atoms with Gasteiger partial charge in [0, 0.05) is 10.0 Å². The highest BCUT2D eigenvalue weighted by molar-refractivity contribution is 9.10. The Bertz CT molecular complexity index is 684. The molecule has 5 nitrogen and oxygen atoms in total. The maximum Gasteiger partial charge on any atom is 0.263 e. The molecule has 96 valence electrons. The lowest BCUT2D eigenvalue weighted by Gasteiger charge is -2.07. The summed E-state index contributed by atoms with van der Waals surface area (Å²) in [5, 5.41) is 6.78. The van der Waals surface area contributed by atoms with E-state index in [0.717, 1.165) is 0 Å². The first kappa shape index (κ1) is 13.4. The third-order valence-electron chi connectivity index (χ3n) is 2.27. The number of aromatic nitrogens is 2. The second-order valence-corrected chi connectivity index (χ2v) is 6.55. The molecule has 0 saturated heterocycles. The average Bonchev–Trinajstić information content (AvgIpc) is 2.67. The van der Waals surface area contributed by atoms with E-state index in [2.05, 4.69) is 30.8 Å². The third-order valence-corrected chi connectivity index (χ3v) is 4.83. The van der Waals surface area contributed by atoms with Crippen LogP contribution in [0.15, 0.2) is 33.8 Å². The lowest BCUT2D eigenvalue weighted by atomic mass is 10.4. The van der Waals surface area contributed by atoms with Crippen LogP contribution in [-0.2, 0) is 10.0 Å². The first-order valence-electron chi connectivity index (χ1n) is 4.88. The molecule has 1 heterocycles. The Kier molecular flexibility index (Phi) is 3.65. The van der Waals surface area contributed by atoms with Crippen LogP contribution in [0, 0.1) is 6.92 Å². The number of hydrogen-bond donors (Lipinski definition) is 2. The molecule has 0 radical (unpaired) electrons. The number of aromatic amines is 1. The Balaban J connectivity index is 2.37. The first-order chi connectivity index (χ1) is 8.40. The smallest absolute Gasteiger partial charge is 0.263 e. The fourth-order valence-corrected chi connectivity index (χ4v) is 3.05. The van der Waals surface area contributed by atoms with Gasteiger partial charge in [0.05, 0.1) is 16.1 Å². The van der Waals surface area contributed by atoms with Crippen LogP contribution in [-0.4, -0.2) is 18.6 Å². The van der Waals surface area contributed by atoms with E-state index in [-0.39, 0.29) is 4.90 Å². The molecule has 0 aliphatic carbocycles. The number of rotatable bonds is 3. The van der Waals surface area contributed by atoms with E-state index in [1.807, 2.05) is 0 Å². The quantitative estimate of drug-likeness (QED) is 0.893. The Morgan fingerprint density at radius 3 is 2.72 bits per heavy atom. The number of hydrogen-bond acceptors (Lipinski definition) is 3. The van der Waals surface area contributed by atoms with E-state index in [1.54, 1.807) is 6.92 Å². The third kappa shape index (κ3) is 2.68. The summed E-state index contributed by atoms with van der Waals surface area (Å²) in [7, 11) is -3.65. The summed E-state index contributed by atoms with van der Waals surface area (Å²) in [5.74, 6) is 0.348. The molecule has 0 unspecified atom stereocenters. The fourth-order valence-electron chi connectivity index (χ4n) is 1.29. The van der Waals surface area contributed by atoms with E-state index in [1.165, 1.54) is 24.4 Å². The van der Waals surface area contributed by atoms with Crippen LogP contribution in [0.2, 0.25) is 5.02 Å². The summed E-state index contributed by atoms with van der Waals surface area (Å²) in [6.07, 6.45) is 1.54. The highest BCUT2D eigenvalue weighted by atomic mass is 79.9. The Morgan fingerprint density at radius 2 is 2.17 bits per heavy atom. The van der Waals surface area contributed by atoms with Crippen molar-refractivity contribution in [1.82, 2.24) is 10.2 Å². The van der Waals surface area contributed by atoms with Crippen molar-refractivity contribution in [1.29, 1.82) is 0 Å². The molecule has 0 aliphatic heterocycles. The van der Waals surface area contributed by atoms with Crippen molar-refractivity contribution >= 4 is 43.4 Å². The second-order valence-electron chi connectivity index (χ2n) is 3.61. The fraction of sp³-hybridized carbons (Fsp3) is 0.100. The molecule has 0 fully saturated rings. The number of aryl methyl sites for hydroxylation is 1. The van der Waals surface area contributed by atoms with Crippen LogP contribution >= 0.6 is 27.5 Å². The van der Waals surface area contributed by atoms with Crippen molar-refractivity contribution in [2.24, 2.45) is 0 Å². The first-order valence-corrected chi connectivity index (χ1v) is 7.53. The molecule has 0 amide bonds. The number of anilines is 1. The summed E-state index contributed by atoms with van der Waals surface area (Å²) in [5.41, 5.74) is 0.714. The van der Waals surface area contributed by atoms with E-state index in [9.17, 15) is 8.42 Å². The van der Waals surface area contributed by atoms with Crippen molar-refractivity contribution in [2.45, 2.75) is 11.8 Å². The van der Waals surface area contributed by atoms with Gasteiger partial charge in [-0.05, 0) is 41.1 Å². The van der Waals surface area contributed by atoms with Gasteiger partial charge in [-0.2, -0.15) is 5.10 Å². The molecule has 0 atom stereocenters. The van der Waals surface area contributed by atoms with E-state index >= 15 is 0 Å². The van der Waals surface area contributed by atoms with Gasteiger partial charge in [-0.1, -0.05) is 11.6 Å². The number of nitrogens with zero attached hydrogens (tertiary/aromatic N) is 1. The van der Waals surface area contributed by atoms with Crippen LogP contribution in [0.3, 0.4) is 0 Å². The molecule has 18 heavy (non-hydrogen) atoms. The van der Waals surface area contributed by atoms with Crippen LogP contribution in [0.4, 0.5) is 5.82 Å². The predicted molar refractivity (Wildman–Crippen MR) is 73.3 cm³/mol. The van der Waals surface area contributed by atoms with Crippen LogP contribution in [0.25, 0.3) is 0 Å². The molecule has 2 N–H and O–H groups in total. The lowest BCUT2D eigenvalue weighted by Crippen LogP contribution is -2.13. The molecule has 0 aliphatic rings. The SMILES string of the molecule is Cc1cn[nH]c1NS(=O)(=O)c1ccc(Cl)c(Br)c1. The minimum Gasteiger partial charge on any atom is -0.264 e. The largest absolute Gasteiger partial charge is 0.264 e. The summed E-state index contributed by atoms with van der Waals surface area (Å²) in [4.78, 5) is 0.118. The molecular weight excluding hydrogens is 342 g/mol. The number of nitrogens with one attached hydrogen (secondary N) is 2. The molecule has 1 aromatic heterocycles. The molecule has 2 aromatic rings. The standard InChI is InChI=1S/C10H9BrClN3O2S/c1-6-5-13-14-10(6)15-18(16,17)7-2-3-9(12)8(11)4-7/h2-5H,1H3,(H2,13,14,15). The Labute approximate surface area is 118 Å². The maximum atomic E-state index is 12.1. The zero-order valence-corrected chi connectivity index (χ0v) is 12.4. The summed E-state index contributed by atoms with van der Waals surface area (Å²) < 4.78 is 27.1. The van der Waals surface area contributed by atoms with E-state index in [0.29, 0.717) is 20.9 Å². The van der Waals surface area contributed by atoms with Gasteiger partial charge in [-0.15, -0.1) is 0 Å². The normalized spacial score (nSPS) is 11.5. The monoisotopic (exact) mass is 349 g/mol. The molecule has 0 spiro atoms. The van der Waals surface area contributed by atoms with Gasteiger partial charge < -0.3 is 0 Å². The molecule has 1 aromatic carbocycles. The van der Waals surface area contributed by atoms with E-state index in [4.69, 9.17) is 11.6 Å². The summed E-state index contributed by atoms with van der Waals surface area (Å²) in [6, 6.07) is 4.39. The van der Waals surface area contributed by atoms with Crippen LogP contribution in [0.5, 0.6) is 0 Å². The van der Waals surface area contributed by atoms with Gasteiger partial charge in [-0.25, -0.2) is 8.42 Å². The molecule has 2 rings (SSSR count).